The fourth-order valence-corrected chi connectivity index (χ4v) is 2.35. The molecule has 2 nitrogen and oxygen atoms in total. The molecule has 1 aromatic carbocycles. The molecule has 0 aromatic heterocycles. The van der Waals surface area contributed by atoms with Crippen LogP contribution in [0.15, 0.2) is 22.7 Å². The van der Waals surface area contributed by atoms with Crippen molar-refractivity contribution in [2.45, 2.75) is 18.9 Å². The van der Waals surface area contributed by atoms with Crippen LogP contribution in [0.1, 0.15) is 18.4 Å². The van der Waals surface area contributed by atoms with Crippen LogP contribution in [0, 0.1) is 0 Å². The van der Waals surface area contributed by atoms with E-state index in [0.717, 1.165) is 11.0 Å². The molecule has 0 radical (unpaired) electrons. The van der Waals surface area contributed by atoms with Gasteiger partial charge in [0, 0.05) is 23.0 Å². The first-order chi connectivity index (χ1) is 6.20. The molecule has 2 rings (SSSR count). The third kappa shape index (κ3) is 1.46. The van der Waals surface area contributed by atoms with Gasteiger partial charge in [-0.1, -0.05) is 12.1 Å². The van der Waals surface area contributed by atoms with Crippen molar-refractivity contribution in [2.24, 2.45) is 5.73 Å². The molecule has 2 atom stereocenters. The number of para-hydroxylation sites is 1. The molecule has 3 heteroatoms. The van der Waals surface area contributed by atoms with Crippen molar-refractivity contribution in [3.8, 4) is 0 Å². The largest absolute Gasteiger partial charge is 0.383 e. The first-order valence-corrected chi connectivity index (χ1v) is 5.27. The van der Waals surface area contributed by atoms with Crippen molar-refractivity contribution >= 4 is 21.6 Å². The van der Waals surface area contributed by atoms with Crippen LogP contribution < -0.4 is 11.1 Å². The van der Waals surface area contributed by atoms with Crippen molar-refractivity contribution in [1.82, 2.24) is 0 Å². The molecule has 1 aliphatic rings. The summed E-state index contributed by atoms with van der Waals surface area (Å²) < 4.78 is 1.13. The molecule has 1 heterocycles. The fraction of sp³-hybridized carbons (Fsp3) is 0.400. The molecule has 0 amide bonds. The summed E-state index contributed by atoms with van der Waals surface area (Å²) in [4.78, 5) is 0. The summed E-state index contributed by atoms with van der Waals surface area (Å²) >= 11 is 3.52. The summed E-state index contributed by atoms with van der Waals surface area (Å²) in [5.41, 5.74) is 8.46. The lowest BCUT2D eigenvalue weighted by molar-refractivity contribution is 0.610. The standard InChI is InChI=1S/C10H13BrN2/c1-6(12)8-5-13-10-7(8)3-2-4-9(10)11/h2-4,6,8,13H,5,12H2,1H3. The normalized spacial score (nSPS) is 22.2. The molecule has 3 N–H and O–H groups in total. The van der Waals surface area contributed by atoms with Gasteiger partial charge in [0.1, 0.15) is 0 Å². The second-order valence-corrected chi connectivity index (χ2v) is 4.40. The Hall–Kier alpha value is -0.540. The second kappa shape index (κ2) is 3.31. The quantitative estimate of drug-likeness (QED) is 0.791. The van der Waals surface area contributed by atoms with E-state index in [1.807, 2.05) is 0 Å². The highest BCUT2D eigenvalue weighted by atomic mass is 79.9. The van der Waals surface area contributed by atoms with Crippen LogP contribution in [-0.2, 0) is 0 Å². The SMILES string of the molecule is CC(N)C1CNc2c(Br)cccc21. The first kappa shape index (κ1) is 9.03. The van der Waals surface area contributed by atoms with Crippen LogP contribution in [0.25, 0.3) is 0 Å². The predicted molar refractivity (Wildman–Crippen MR) is 59.0 cm³/mol. The number of fused-ring (bicyclic) bond motifs is 1. The Morgan fingerprint density at radius 2 is 2.38 bits per heavy atom. The lowest BCUT2D eigenvalue weighted by Crippen LogP contribution is -2.25. The van der Waals surface area contributed by atoms with Gasteiger partial charge in [-0.25, -0.2) is 0 Å². The van der Waals surface area contributed by atoms with Gasteiger partial charge in [-0.3, -0.25) is 0 Å². The molecular weight excluding hydrogens is 228 g/mol. The molecule has 0 saturated heterocycles. The summed E-state index contributed by atoms with van der Waals surface area (Å²) in [5, 5.41) is 3.37. The highest BCUT2D eigenvalue weighted by Crippen LogP contribution is 2.37. The van der Waals surface area contributed by atoms with Crippen LogP contribution in [0.3, 0.4) is 0 Å². The fourth-order valence-electron chi connectivity index (χ4n) is 1.83. The van der Waals surface area contributed by atoms with Crippen LogP contribution in [0.2, 0.25) is 0 Å². The Bertz CT molecular complexity index is 323. The van der Waals surface area contributed by atoms with E-state index in [-0.39, 0.29) is 6.04 Å². The van der Waals surface area contributed by atoms with E-state index in [9.17, 15) is 0 Å². The molecule has 13 heavy (non-hydrogen) atoms. The Morgan fingerprint density at radius 1 is 1.62 bits per heavy atom. The lowest BCUT2D eigenvalue weighted by Gasteiger charge is -2.13. The minimum Gasteiger partial charge on any atom is -0.383 e. The van der Waals surface area contributed by atoms with Gasteiger partial charge < -0.3 is 11.1 Å². The topological polar surface area (TPSA) is 38.0 Å². The molecule has 1 aliphatic heterocycles. The van der Waals surface area contributed by atoms with Crippen molar-refractivity contribution in [1.29, 1.82) is 0 Å². The molecule has 2 unspecified atom stereocenters. The molecule has 0 spiro atoms. The predicted octanol–water partition coefficient (Wildman–Crippen LogP) is 2.31. The van der Waals surface area contributed by atoms with E-state index < -0.39 is 0 Å². The average Bonchev–Trinajstić information content (AvgIpc) is 2.48. The summed E-state index contributed by atoms with van der Waals surface area (Å²) in [6.45, 7) is 3.01. The van der Waals surface area contributed by atoms with Crippen LogP contribution in [-0.4, -0.2) is 12.6 Å². The zero-order valence-corrected chi connectivity index (χ0v) is 9.14. The van der Waals surface area contributed by atoms with Gasteiger partial charge in [0.15, 0.2) is 0 Å². The van der Waals surface area contributed by atoms with Crippen molar-refractivity contribution in [3.63, 3.8) is 0 Å². The highest BCUT2D eigenvalue weighted by Gasteiger charge is 2.25. The van der Waals surface area contributed by atoms with E-state index in [4.69, 9.17) is 5.73 Å². The molecule has 0 fully saturated rings. The summed E-state index contributed by atoms with van der Waals surface area (Å²) in [5.74, 6) is 0.451. The maximum atomic E-state index is 5.91. The van der Waals surface area contributed by atoms with Gasteiger partial charge in [0.25, 0.3) is 0 Å². The van der Waals surface area contributed by atoms with Gasteiger partial charge >= 0.3 is 0 Å². The third-order valence-corrected chi connectivity index (χ3v) is 3.24. The average molecular weight is 241 g/mol. The number of benzene rings is 1. The Labute approximate surface area is 86.6 Å². The van der Waals surface area contributed by atoms with Gasteiger partial charge in [-0.2, -0.15) is 0 Å². The van der Waals surface area contributed by atoms with Crippen LogP contribution in [0.4, 0.5) is 5.69 Å². The Kier molecular flexibility index (Phi) is 2.30. The van der Waals surface area contributed by atoms with E-state index in [1.165, 1.54) is 11.3 Å². The first-order valence-electron chi connectivity index (χ1n) is 4.48. The number of hydrogen-bond acceptors (Lipinski definition) is 2. The number of hydrogen-bond donors (Lipinski definition) is 2. The van der Waals surface area contributed by atoms with Crippen LogP contribution >= 0.6 is 15.9 Å². The zero-order valence-electron chi connectivity index (χ0n) is 7.55. The molecule has 0 bridgehead atoms. The van der Waals surface area contributed by atoms with Gasteiger partial charge in [0.05, 0.1) is 5.69 Å². The van der Waals surface area contributed by atoms with Crippen molar-refractivity contribution < 1.29 is 0 Å². The second-order valence-electron chi connectivity index (χ2n) is 3.55. The molecular formula is C10H13BrN2. The summed E-state index contributed by atoms with van der Waals surface area (Å²) in [6.07, 6.45) is 0. The maximum absolute atomic E-state index is 5.91. The van der Waals surface area contributed by atoms with Crippen LogP contribution in [0.5, 0.6) is 0 Å². The van der Waals surface area contributed by atoms with E-state index >= 15 is 0 Å². The van der Waals surface area contributed by atoms with Crippen molar-refractivity contribution in [2.75, 3.05) is 11.9 Å². The van der Waals surface area contributed by atoms with Gasteiger partial charge in [0.2, 0.25) is 0 Å². The smallest absolute Gasteiger partial charge is 0.0521 e. The van der Waals surface area contributed by atoms with Gasteiger partial charge in [-0.05, 0) is 34.5 Å². The molecule has 1 aromatic rings. The summed E-state index contributed by atoms with van der Waals surface area (Å²) in [6, 6.07) is 6.47. The zero-order chi connectivity index (χ0) is 9.42. The van der Waals surface area contributed by atoms with Gasteiger partial charge in [-0.15, -0.1) is 0 Å². The van der Waals surface area contributed by atoms with Crippen molar-refractivity contribution in [3.05, 3.63) is 28.2 Å². The number of halogens is 1. The molecule has 70 valence electrons. The Balaban J connectivity index is 2.43. The highest BCUT2D eigenvalue weighted by molar-refractivity contribution is 9.10. The Morgan fingerprint density at radius 3 is 3.08 bits per heavy atom. The number of rotatable bonds is 1. The minimum atomic E-state index is 0.211. The van der Waals surface area contributed by atoms with E-state index in [1.54, 1.807) is 0 Å². The van der Waals surface area contributed by atoms with E-state index in [0.29, 0.717) is 5.92 Å². The number of nitrogens with one attached hydrogen (secondary N) is 1. The van der Waals surface area contributed by atoms with E-state index in [2.05, 4.69) is 46.4 Å². The number of anilines is 1. The minimum absolute atomic E-state index is 0.211. The number of nitrogens with two attached hydrogens (primary N) is 1. The summed E-state index contributed by atoms with van der Waals surface area (Å²) in [7, 11) is 0. The monoisotopic (exact) mass is 240 g/mol. The third-order valence-electron chi connectivity index (χ3n) is 2.58. The lowest BCUT2D eigenvalue weighted by atomic mass is 9.95. The molecule has 0 saturated carbocycles. The molecule has 0 aliphatic carbocycles. The maximum Gasteiger partial charge on any atom is 0.0521 e.